The van der Waals surface area contributed by atoms with Gasteiger partial charge in [-0.3, -0.25) is 19.3 Å². The van der Waals surface area contributed by atoms with Gasteiger partial charge in [0.25, 0.3) is 5.91 Å². The third-order valence-corrected chi connectivity index (χ3v) is 6.91. The number of hydrogen-bond acceptors (Lipinski definition) is 8. The zero-order chi connectivity index (χ0) is 23.6. The van der Waals surface area contributed by atoms with E-state index in [0.29, 0.717) is 18.4 Å². The topological polar surface area (TPSA) is 144 Å². The van der Waals surface area contributed by atoms with E-state index in [0.717, 1.165) is 5.69 Å². The summed E-state index contributed by atoms with van der Waals surface area (Å²) >= 11 is 0. The molecule has 4 atom stereocenters. The Morgan fingerprint density at radius 3 is 2.28 bits per heavy atom. The number of allylic oxidation sites excluding steroid dienone is 2. The summed E-state index contributed by atoms with van der Waals surface area (Å²) in [4.78, 5) is 42.1. The quantitative estimate of drug-likeness (QED) is 0.510. The highest BCUT2D eigenvalue weighted by Crippen LogP contribution is 2.51. The highest BCUT2D eigenvalue weighted by atomic mass is 16.3. The molecule has 9 heteroatoms. The molecular formula is C23H27N3O6. The van der Waals surface area contributed by atoms with Crippen LogP contribution in [0.2, 0.25) is 0 Å². The first kappa shape index (κ1) is 21.9. The van der Waals surface area contributed by atoms with Crippen molar-refractivity contribution < 1.29 is 29.7 Å². The number of aliphatic hydroxyl groups excluding tert-OH is 2. The number of hydrogen-bond donors (Lipinski definition) is 4. The number of rotatable bonds is 3. The predicted octanol–water partition coefficient (Wildman–Crippen LogP) is 1.07. The molecule has 0 aliphatic heterocycles. The number of phenolic OH excluding ortho intramolecular Hbond substituents is 1. The molecule has 0 fully saturated rings. The number of ketones is 2. The minimum Gasteiger partial charge on any atom is -0.511 e. The molecule has 0 saturated heterocycles. The van der Waals surface area contributed by atoms with E-state index in [9.17, 15) is 29.7 Å². The van der Waals surface area contributed by atoms with Crippen LogP contribution in [0.3, 0.4) is 0 Å². The number of fused-ring (bicyclic) bond motifs is 3. The van der Waals surface area contributed by atoms with Crippen molar-refractivity contribution in [2.75, 3.05) is 33.1 Å². The van der Waals surface area contributed by atoms with Crippen molar-refractivity contribution >= 4 is 23.2 Å². The lowest BCUT2D eigenvalue weighted by atomic mass is 9.61. The van der Waals surface area contributed by atoms with Gasteiger partial charge in [-0.1, -0.05) is 0 Å². The molecule has 1 amide bonds. The second-order valence-corrected chi connectivity index (χ2v) is 9.16. The second-order valence-electron chi connectivity index (χ2n) is 9.16. The number of primary amides is 1. The van der Waals surface area contributed by atoms with Crippen molar-refractivity contribution in [2.45, 2.75) is 18.9 Å². The largest absolute Gasteiger partial charge is 0.511 e. The SMILES string of the molecule is CN(C)c1ccc(O)c2c1CC1CC3C(C(=O)C(C(N)=O)=C(O)C3N(C)C)C(O)=C1C2=O. The summed E-state index contributed by atoms with van der Waals surface area (Å²) in [5.74, 6) is -5.51. The molecular weight excluding hydrogens is 414 g/mol. The average molecular weight is 441 g/mol. The third kappa shape index (κ3) is 2.91. The highest BCUT2D eigenvalue weighted by Gasteiger charge is 2.54. The zero-order valence-electron chi connectivity index (χ0n) is 18.4. The van der Waals surface area contributed by atoms with Crippen LogP contribution in [0.25, 0.3) is 0 Å². The smallest absolute Gasteiger partial charge is 0.255 e. The molecule has 1 aromatic rings. The van der Waals surface area contributed by atoms with E-state index in [-0.39, 0.29) is 16.9 Å². The Hall–Kier alpha value is -3.33. The molecule has 0 bridgehead atoms. The van der Waals surface area contributed by atoms with Gasteiger partial charge in [0.2, 0.25) is 0 Å². The number of anilines is 1. The lowest BCUT2D eigenvalue weighted by molar-refractivity contribution is -0.127. The zero-order valence-corrected chi connectivity index (χ0v) is 18.4. The van der Waals surface area contributed by atoms with Crippen LogP contribution in [0.5, 0.6) is 5.75 Å². The first-order valence-electron chi connectivity index (χ1n) is 10.4. The maximum absolute atomic E-state index is 13.5. The fraction of sp³-hybridized carbons (Fsp3) is 0.435. The molecule has 4 rings (SSSR count). The number of benzene rings is 1. The van der Waals surface area contributed by atoms with Gasteiger partial charge in [-0.15, -0.1) is 0 Å². The molecule has 0 aromatic heterocycles. The van der Waals surface area contributed by atoms with Crippen LogP contribution in [-0.4, -0.2) is 71.9 Å². The Morgan fingerprint density at radius 1 is 1.06 bits per heavy atom. The van der Waals surface area contributed by atoms with E-state index < -0.39 is 58.4 Å². The molecule has 3 aliphatic rings. The van der Waals surface area contributed by atoms with Crippen LogP contribution < -0.4 is 10.6 Å². The first-order chi connectivity index (χ1) is 15.0. The summed E-state index contributed by atoms with van der Waals surface area (Å²) in [5, 5.41) is 32.4. The average Bonchev–Trinajstić information content (AvgIpc) is 2.66. The predicted molar refractivity (Wildman–Crippen MR) is 117 cm³/mol. The summed E-state index contributed by atoms with van der Waals surface area (Å²) in [6, 6.07) is 2.45. The molecule has 3 aliphatic carbocycles. The van der Waals surface area contributed by atoms with E-state index in [4.69, 9.17) is 5.73 Å². The van der Waals surface area contributed by atoms with Crippen LogP contribution in [0.1, 0.15) is 22.3 Å². The van der Waals surface area contributed by atoms with Gasteiger partial charge in [0.15, 0.2) is 11.6 Å². The van der Waals surface area contributed by atoms with Crippen molar-refractivity contribution in [2.24, 2.45) is 23.5 Å². The van der Waals surface area contributed by atoms with E-state index in [1.807, 2.05) is 19.0 Å². The number of aliphatic hydroxyl groups is 2. The van der Waals surface area contributed by atoms with E-state index >= 15 is 0 Å². The van der Waals surface area contributed by atoms with Crippen LogP contribution in [-0.2, 0) is 16.0 Å². The second kappa shape index (κ2) is 7.37. The fourth-order valence-corrected chi connectivity index (χ4v) is 5.67. The molecule has 5 N–H and O–H groups in total. The number of carbonyl (C=O) groups excluding carboxylic acids is 3. The summed E-state index contributed by atoms with van der Waals surface area (Å²) in [6.45, 7) is 0. The van der Waals surface area contributed by atoms with Gasteiger partial charge >= 0.3 is 0 Å². The van der Waals surface area contributed by atoms with Crippen molar-refractivity contribution in [3.05, 3.63) is 45.9 Å². The minimum absolute atomic E-state index is 0.0843. The van der Waals surface area contributed by atoms with E-state index in [2.05, 4.69) is 0 Å². The summed E-state index contributed by atoms with van der Waals surface area (Å²) < 4.78 is 0. The Kier molecular flexibility index (Phi) is 5.04. The molecule has 1 aromatic carbocycles. The number of amides is 1. The number of carbonyl (C=O) groups is 3. The van der Waals surface area contributed by atoms with Crippen molar-refractivity contribution in [1.82, 2.24) is 4.90 Å². The van der Waals surface area contributed by atoms with Gasteiger partial charge in [0, 0.05) is 25.4 Å². The van der Waals surface area contributed by atoms with E-state index in [1.54, 1.807) is 25.1 Å². The molecule has 0 saturated carbocycles. The van der Waals surface area contributed by atoms with E-state index in [1.165, 1.54) is 6.07 Å². The maximum Gasteiger partial charge on any atom is 0.255 e. The number of Topliss-reactive ketones (excluding diaryl/α,β-unsaturated/α-hetero) is 2. The monoisotopic (exact) mass is 441 g/mol. The van der Waals surface area contributed by atoms with Crippen molar-refractivity contribution in [1.29, 1.82) is 0 Å². The standard InChI is InChI=1S/C23H27N3O6/c1-25(2)12-5-6-13(27)15-10(12)7-9-8-11-16(20(29)14(9)19(15)28)21(30)17(23(24)32)22(31)18(11)26(3)4/h5-6,9,11,16,18,27,29,31H,7-8H2,1-4H3,(H2,24,32). The molecule has 0 heterocycles. The van der Waals surface area contributed by atoms with Gasteiger partial charge < -0.3 is 26.0 Å². The van der Waals surface area contributed by atoms with Crippen molar-refractivity contribution in [3.8, 4) is 5.75 Å². The first-order valence-corrected chi connectivity index (χ1v) is 10.4. The van der Waals surface area contributed by atoms with Crippen LogP contribution in [0.15, 0.2) is 34.8 Å². The number of phenols is 1. The fourth-order valence-electron chi connectivity index (χ4n) is 5.67. The van der Waals surface area contributed by atoms with Gasteiger partial charge in [-0.25, -0.2) is 0 Å². The number of likely N-dealkylation sites (N-methyl/N-ethyl adjacent to an activating group) is 1. The normalized spacial score (nSPS) is 27.3. The minimum atomic E-state index is -1.17. The highest BCUT2D eigenvalue weighted by molar-refractivity contribution is 6.22. The molecule has 0 radical (unpaired) electrons. The summed E-state index contributed by atoms with van der Waals surface area (Å²) in [6.07, 6.45) is 0.718. The number of nitrogens with two attached hydrogens (primary N) is 1. The molecule has 4 unspecified atom stereocenters. The maximum atomic E-state index is 13.5. The number of nitrogens with zero attached hydrogens (tertiary/aromatic N) is 2. The van der Waals surface area contributed by atoms with Gasteiger partial charge in [-0.2, -0.15) is 0 Å². The molecule has 32 heavy (non-hydrogen) atoms. The Labute approximate surface area is 185 Å². The lowest BCUT2D eigenvalue weighted by Crippen LogP contribution is -2.53. The molecule has 170 valence electrons. The lowest BCUT2D eigenvalue weighted by Gasteiger charge is -2.46. The Bertz CT molecular complexity index is 1120. The van der Waals surface area contributed by atoms with Gasteiger partial charge in [0.05, 0.1) is 17.5 Å². The molecule has 0 spiro atoms. The Balaban J connectivity index is 1.92. The third-order valence-electron chi connectivity index (χ3n) is 6.91. The van der Waals surface area contributed by atoms with Gasteiger partial charge in [-0.05, 0) is 56.5 Å². The Morgan fingerprint density at radius 2 is 1.72 bits per heavy atom. The molecule has 9 nitrogen and oxygen atoms in total. The van der Waals surface area contributed by atoms with Gasteiger partial charge in [0.1, 0.15) is 22.8 Å². The van der Waals surface area contributed by atoms with Crippen molar-refractivity contribution in [3.63, 3.8) is 0 Å². The van der Waals surface area contributed by atoms with Crippen LogP contribution >= 0.6 is 0 Å². The summed E-state index contributed by atoms with van der Waals surface area (Å²) in [5.41, 5.74) is 6.49. The summed E-state index contributed by atoms with van der Waals surface area (Å²) in [7, 11) is 7.08. The number of aromatic hydroxyl groups is 1. The van der Waals surface area contributed by atoms with Crippen LogP contribution in [0.4, 0.5) is 5.69 Å². The van der Waals surface area contributed by atoms with Crippen LogP contribution in [0, 0.1) is 17.8 Å².